The average molecular weight is 246 g/mol. The lowest BCUT2D eigenvalue weighted by molar-refractivity contribution is -0.136. The fourth-order valence-corrected chi connectivity index (χ4v) is 2.83. The van der Waals surface area contributed by atoms with E-state index in [0.29, 0.717) is 6.54 Å². The number of carboxylic acids is 1. The minimum atomic E-state index is -0.904. The van der Waals surface area contributed by atoms with E-state index in [9.17, 15) is 9.59 Å². The fourth-order valence-electron chi connectivity index (χ4n) is 1.59. The van der Waals surface area contributed by atoms with Crippen LogP contribution in [0.15, 0.2) is 0 Å². The third-order valence-electron chi connectivity index (χ3n) is 2.55. The summed E-state index contributed by atoms with van der Waals surface area (Å²) in [6.07, 6.45) is 2.27. The first-order chi connectivity index (χ1) is 7.52. The molecule has 0 bridgehead atoms. The molecule has 1 aliphatic heterocycles. The van der Waals surface area contributed by atoms with Gasteiger partial charge < -0.3 is 15.7 Å². The minimum absolute atomic E-state index is 0.0422. The molecule has 1 atom stereocenters. The van der Waals surface area contributed by atoms with Gasteiger partial charge in [0.2, 0.25) is 0 Å². The van der Waals surface area contributed by atoms with Crippen molar-refractivity contribution >= 4 is 23.8 Å². The first-order valence-corrected chi connectivity index (χ1v) is 6.38. The molecule has 0 spiro atoms. The Morgan fingerprint density at radius 1 is 1.44 bits per heavy atom. The topological polar surface area (TPSA) is 78.4 Å². The van der Waals surface area contributed by atoms with Crippen LogP contribution in [-0.4, -0.2) is 40.7 Å². The van der Waals surface area contributed by atoms with Gasteiger partial charge in [-0.2, -0.15) is 11.8 Å². The molecule has 1 rings (SSSR count). The molecule has 1 aliphatic rings. The number of nitrogens with one attached hydrogen (secondary N) is 2. The fraction of sp³-hybridized carbons (Fsp3) is 0.800. The Morgan fingerprint density at radius 2 is 2.19 bits per heavy atom. The maximum Gasteiger partial charge on any atom is 0.314 e. The van der Waals surface area contributed by atoms with E-state index in [2.05, 4.69) is 17.6 Å². The van der Waals surface area contributed by atoms with Gasteiger partial charge in [0.15, 0.2) is 0 Å². The zero-order chi connectivity index (χ0) is 12.0. The molecule has 1 heterocycles. The van der Waals surface area contributed by atoms with E-state index in [1.807, 2.05) is 11.8 Å². The molecule has 0 saturated carbocycles. The summed E-state index contributed by atoms with van der Waals surface area (Å²) in [5.74, 6) is 0.248. The number of thioether (sulfide) groups is 1. The molecular formula is C10H18N2O3S. The van der Waals surface area contributed by atoms with Crippen LogP contribution in [0.2, 0.25) is 0 Å². The summed E-state index contributed by atoms with van der Waals surface area (Å²) in [7, 11) is 0. The molecule has 0 aromatic heterocycles. The van der Waals surface area contributed by atoms with Crippen LogP contribution < -0.4 is 10.6 Å². The van der Waals surface area contributed by atoms with Crippen LogP contribution >= 0.6 is 11.8 Å². The van der Waals surface area contributed by atoms with Gasteiger partial charge in [-0.25, -0.2) is 4.79 Å². The van der Waals surface area contributed by atoms with Gasteiger partial charge in [0, 0.05) is 17.8 Å². The maximum absolute atomic E-state index is 11.3. The summed E-state index contributed by atoms with van der Waals surface area (Å²) in [5.41, 5.74) is 0. The number of carbonyl (C=O) groups is 2. The Morgan fingerprint density at radius 3 is 2.75 bits per heavy atom. The summed E-state index contributed by atoms with van der Waals surface area (Å²) in [5, 5.41) is 13.7. The number of carbonyl (C=O) groups excluding carboxylic acids is 1. The molecule has 16 heavy (non-hydrogen) atoms. The van der Waals surface area contributed by atoms with E-state index in [4.69, 9.17) is 5.11 Å². The number of carboxylic acid groups (broad SMARTS) is 1. The van der Waals surface area contributed by atoms with Crippen molar-refractivity contribution in [3.05, 3.63) is 0 Å². The van der Waals surface area contributed by atoms with Crippen molar-refractivity contribution in [1.82, 2.24) is 10.6 Å². The molecule has 0 aliphatic carbocycles. The lowest BCUT2D eigenvalue weighted by Gasteiger charge is -2.22. The number of aliphatic carboxylic acids is 1. The highest BCUT2D eigenvalue weighted by Crippen LogP contribution is 2.36. The zero-order valence-electron chi connectivity index (χ0n) is 9.41. The van der Waals surface area contributed by atoms with E-state index in [-0.39, 0.29) is 23.7 Å². The van der Waals surface area contributed by atoms with Crippen LogP contribution in [0.3, 0.4) is 0 Å². The average Bonchev–Trinajstić information content (AvgIpc) is 2.62. The Balaban J connectivity index is 2.12. The van der Waals surface area contributed by atoms with Crippen LogP contribution in [0.4, 0.5) is 4.79 Å². The van der Waals surface area contributed by atoms with Crippen molar-refractivity contribution in [1.29, 1.82) is 0 Å². The normalized spacial score (nSPS) is 24.1. The second kappa shape index (κ2) is 5.98. The first-order valence-electron chi connectivity index (χ1n) is 5.39. The molecule has 1 fully saturated rings. The van der Waals surface area contributed by atoms with Crippen molar-refractivity contribution in [3.8, 4) is 0 Å². The van der Waals surface area contributed by atoms with E-state index in [0.717, 1.165) is 12.2 Å². The molecule has 2 amide bonds. The van der Waals surface area contributed by atoms with Crippen molar-refractivity contribution < 1.29 is 14.7 Å². The minimum Gasteiger partial charge on any atom is -0.481 e. The van der Waals surface area contributed by atoms with Crippen molar-refractivity contribution in [2.75, 3.05) is 18.8 Å². The smallest absolute Gasteiger partial charge is 0.314 e. The summed E-state index contributed by atoms with van der Waals surface area (Å²) in [6, 6.07) is -0.282. The van der Waals surface area contributed by atoms with E-state index in [1.54, 1.807) is 0 Å². The zero-order valence-corrected chi connectivity index (χ0v) is 10.2. The molecule has 0 radical (unpaired) electrons. The van der Waals surface area contributed by atoms with Gasteiger partial charge in [-0.3, -0.25) is 4.79 Å². The SMILES string of the molecule is CC1(CNC(=O)NCCC(=O)O)CCCS1. The lowest BCUT2D eigenvalue weighted by atomic mass is 10.1. The largest absolute Gasteiger partial charge is 0.481 e. The number of urea groups is 1. The third-order valence-corrected chi connectivity index (χ3v) is 4.09. The van der Waals surface area contributed by atoms with E-state index < -0.39 is 5.97 Å². The van der Waals surface area contributed by atoms with E-state index in [1.165, 1.54) is 6.42 Å². The predicted molar refractivity (Wildman–Crippen MR) is 63.8 cm³/mol. The quantitative estimate of drug-likeness (QED) is 0.677. The highest BCUT2D eigenvalue weighted by Gasteiger charge is 2.29. The molecule has 5 nitrogen and oxygen atoms in total. The monoisotopic (exact) mass is 246 g/mol. The predicted octanol–water partition coefficient (Wildman–Crippen LogP) is 1.05. The Labute approximate surface area is 99.4 Å². The highest BCUT2D eigenvalue weighted by atomic mass is 32.2. The second-order valence-electron chi connectivity index (χ2n) is 4.16. The first kappa shape index (κ1) is 13.2. The van der Waals surface area contributed by atoms with Crippen LogP contribution in [0.5, 0.6) is 0 Å². The Hall–Kier alpha value is -0.910. The van der Waals surface area contributed by atoms with Crippen molar-refractivity contribution in [3.63, 3.8) is 0 Å². The summed E-state index contributed by atoms with van der Waals surface area (Å²) >= 11 is 1.88. The number of hydrogen-bond donors (Lipinski definition) is 3. The van der Waals surface area contributed by atoms with E-state index >= 15 is 0 Å². The summed E-state index contributed by atoms with van der Waals surface area (Å²) < 4.78 is 0.143. The molecule has 0 aromatic carbocycles. The van der Waals surface area contributed by atoms with Crippen LogP contribution in [-0.2, 0) is 4.79 Å². The van der Waals surface area contributed by atoms with Crippen LogP contribution in [0, 0.1) is 0 Å². The van der Waals surface area contributed by atoms with Gasteiger partial charge in [0.05, 0.1) is 6.42 Å². The van der Waals surface area contributed by atoms with Gasteiger partial charge in [-0.05, 0) is 25.5 Å². The maximum atomic E-state index is 11.3. The second-order valence-corrected chi connectivity index (χ2v) is 5.84. The molecule has 1 unspecified atom stereocenters. The third kappa shape index (κ3) is 4.74. The summed E-state index contributed by atoms with van der Waals surface area (Å²) in [4.78, 5) is 21.5. The lowest BCUT2D eigenvalue weighted by Crippen LogP contribution is -2.43. The number of rotatable bonds is 5. The Kier molecular flexibility index (Phi) is 4.92. The van der Waals surface area contributed by atoms with Gasteiger partial charge in [-0.1, -0.05) is 0 Å². The summed E-state index contributed by atoms with van der Waals surface area (Å²) in [6.45, 7) is 2.95. The molecule has 3 N–H and O–H groups in total. The van der Waals surface area contributed by atoms with Gasteiger partial charge in [-0.15, -0.1) is 0 Å². The Bertz CT molecular complexity index is 265. The van der Waals surface area contributed by atoms with Crippen LogP contribution in [0.1, 0.15) is 26.2 Å². The van der Waals surface area contributed by atoms with Gasteiger partial charge >= 0.3 is 12.0 Å². The van der Waals surface area contributed by atoms with Crippen molar-refractivity contribution in [2.45, 2.75) is 30.9 Å². The van der Waals surface area contributed by atoms with Crippen molar-refractivity contribution in [2.24, 2.45) is 0 Å². The molecule has 0 aromatic rings. The standard InChI is InChI=1S/C10H18N2O3S/c1-10(4-2-6-16-10)7-12-9(15)11-5-3-8(13)14/h2-7H2,1H3,(H,13,14)(H2,11,12,15). The van der Waals surface area contributed by atoms with Gasteiger partial charge in [0.25, 0.3) is 0 Å². The number of amides is 2. The number of hydrogen-bond acceptors (Lipinski definition) is 3. The van der Waals surface area contributed by atoms with Gasteiger partial charge in [0.1, 0.15) is 0 Å². The molecule has 6 heteroatoms. The molecular weight excluding hydrogens is 228 g/mol. The molecule has 92 valence electrons. The highest BCUT2D eigenvalue weighted by molar-refractivity contribution is 8.00. The molecule has 1 saturated heterocycles. The van der Waals surface area contributed by atoms with Crippen LogP contribution in [0.25, 0.3) is 0 Å².